The molecule has 3 aromatic rings. The Morgan fingerprint density at radius 3 is 2.19 bits per heavy atom. The predicted octanol–water partition coefficient (Wildman–Crippen LogP) is 4.98. The van der Waals surface area contributed by atoms with Crippen LogP contribution in [0.15, 0.2) is 72.4 Å². The van der Waals surface area contributed by atoms with Crippen molar-refractivity contribution in [2.75, 3.05) is 4.90 Å². The number of rotatable bonds is 3. The Morgan fingerprint density at radius 2 is 1.56 bits per heavy atom. The molecule has 162 valence electrons. The second kappa shape index (κ2) is 8.25. The number of alkyl halides is 3. The maximum absolute atomic E-state index is 13.1. The minimum absolute atomic E-state index is 0.0717. The fourth-order valence-electron chi connectivity index (χ4n) is 3.19. The second-order valence-electron chi connectivity index (χ2n) is 6.78. The zero-order valence-electron chi connectivity index (χ0n) is 16.1. The van der Waals surface area contributed by atoms with Crippen molar-refractivity contribution >= 4 is 52.5 Å². The maximum atomic E-state index is 13.1. The molecule has 0 atom stereocenters. The Kier molecular flexibility index (Phi) is 5.62. The lowest BCUT2D eigenvalue weighted by Gasteiger charge is -2.29. The first-order valence-corrected chi connectivity index (χ1v) is 9.96. The third kappa shape index (κ3) is 4.17. The number of anilines is 1. The average Bonchev–Trinajstić information content (AvgIpc) is 3.20. The highest BCUT2D eigenvalue weighted by atomic mass is 35.5. The smallest absolute Gasteiger partial charge is 0.317 e. The van der Waals surface area contributed by atoms with Crippen LogP contribution in [0.2, 0.25) is 5.02 Å². The van der Waals surface area contributed by atoms with E-state index >= 15 is 0 Å². The summed E-state index contributed by atoms with van der Waals surface area (Å²) in [5.41, 5.74) is 0.326. The average molecular weight is 476 g/mol. The van der Waals surface area contributed by atoms with Gasteiger partial charge in [-0.15, -0.1) is 0 Å². The summed E-state index contributed by atoms with van der Waals surface area (Å²) in [7, 11) is 0. The van der Waals surface area contributed by atoms with Crippen LogP contribution in [0.5, 0.6) is 0 Å². The van der Waals surface area contributed by atoms with E-state index in [0.29, 0.717) is 22.1 Å². The molecule has 0 unspecified atom stereocenters. The molecule has 1 fully saturated rings. The summed E-state index contributed by atoms with van der Waals surface area (Å²) < 4.78 is 40.1. The van der Waals surface area contributed by atoms with Gasteiger partial charge in [0, 0.05) is 22.6 Å². The van der Waals surface area contributed by atoms with E-state index in [-0.39, 0.29) is 10.7 Å². The van der Waals surface area contributed by atoms with E-state index in [1.807, 2.05) is 0 Å². The fraction of sp³-hybridized carbons (Fsp3) is 0.0455. The highest BCUT2D eigenvalue weighted by Gasteiger charge is 2.35. The van der Waals surface area contributed by atoms with Crippen LogP contribution in [0.3, 0.4) is 0 Å². The van der Waals surface area contributed by atoms with Gasteiger partial charge in [-0.05, 0) is 79.0 Å². The number of hydrogen-bond acceptors (Lipinski definition) is 3. The number of thiocarbonyl (C=S) groups is 1. The standard InChI is InChI=1S/C22H13ClF3N3O2S/c23-14-5-9-16(10-6-14)29-20(31)18(19(30)27-21(29)32)12-17-2-1-11-28(17)15-7-3-13(4-8-15)22(24,25)26/h1-12H,(H,27,30,32)/b18-12+. The molecule has 4 rings (SSSR count). The van der Waals surface area contributed by atoms with Crippen molar-refractivity contribution in [2.45, 2.75) is 6.18 Å². The molecule has 2 amide bonds. The van der Waals surface area contributed by atoms with Crippen LogP contribution < -0.4 is 10.2 Å². The molecule has 1 N–H and O–H groups in total. The lowest BCUT2D eigenvalue weighted by Crippen LogP contribution is -2.54. The van der Waals surface area contributed by atoms with Crippen LogP contribution in [0.4, 0.5) is 18.9 Å². The summed E-state index contributed by atoms with van der Waals surface area (Å²) in [6.07, 6.45) is -1.47. The molecule has 32 heavy (non-hydrogen) atoms. The second-order valence-corrected chi connectivity index (χ2v) is 7.61. The molecule has 10 heteroatoms. The summed E-state index contributed by atoms with van der Waals surface area (Å²) in [4.78, 5) is 26.8. The minimum atomic E-state index is -4.45. The molecule has 0 spiro atoms. The van der Waals surface area contributed by atoms with Crippen molar-refractivity contribution in [2.24, 2.45) is 0 Å². The molecule has 2 aromatic carbocycles. The van der Waals surface area contributed by atoms with Gasteiger partial charge in [-0.25, -0.2) is 0 Å². The van der Waals surface area contributed by atoms with Crippen molar-refractivity contribution < 1.29 is 22.8 Å². The van der Waals surface area contributed by atoms with Gasteiger partial charge in [0.15, 0.2) is 5.11 Å². The highest BCUT2D eigenvalue weighted by Crippen LogP contribution is 2.30. The number of aromatic nitrogens is 1. The minimum Gasteiger partial charge on any atom is -0.317 e. The normalized spacial score (nSPS) is 15.9. The topological polar surface area (TPSA) is 54.3 Å². The van der Waals surface area contributed by atoms with Crippen LogP contribution in [0.25, 0.3) is 11.8 Å². The van der Waals surface area contributed by atoms with E-state index in [1.54, 1.807) is 47.2 Å². The van der Waals surface area contributed by atoms with Crippen molar-refractivity contribution in [3.8, 4) is 5.69 Å². The molecule has 0 bridgehead atoms. The van der Waals surface area contributed by atoms with Gasteiger partial charge >= 0.3 is 6.18 Å². The number of benzene rings is 2. The Balaban J connectivity index is 1.70. The van der Waals surface area contributed by atoms with E-state index in [0.717, 1.165) is 12.1 Å². The summed E-state index contributed by atoms with van der Waals surface area (Å²) in [5, 5.41) is 2.88. The van der Waals surface area contributed by atoms with Crippen LogP contribution in [0, 0.1) is 0 Å². The van der Waals surface area contributed by atoms with Gasteiger partial charge in [0.2, 0.25) is 0 Å². The summed E-state index contributed by atoms with van der Waals surface area (Å²) >= 11 is 11.1. The van der Waals surface area contributed by atoms with Gasteiger partial charge in [0.25, 0.3) is 11.8 Å². The molecule has 1 aliphatic rings. The molecule has 5 nitrogen and oxygen atoms in total. The zero-order valence-corrected chi connectivity index (χ0v) is 17.6. The molecule has 0 aliphatic carbocycles. The molecule has 1 saturated heterocycles. The van der Waals surface area contributed by atoms with Crippen LogP contribution >= 0.6 is 23.8 Å². The van der Waals surface area contributed by atoms with Crippen molar-refractivity contribution in [3.05, 3.63) is 88.7 Å². The van der Waals surface area contributed by atoms with Crippen molar-refractivity contribution in [3.63, 3.8) is 0 Å². The first kappa shape index (κ1) is 21.8. The van der Waals surface area contributed by atoms with Crippen LogP contribution in [-0.2, 0) is 15.8 Å². The number of hydrogen-bond donors (Lipinski definition) is 1. The molecular formula is C22H13ClF3N3O2S. The summed E-state index contributed by atoms with van der Waals surface area (Å²) in [6, 6.07) is 14.2. The van der Waals surface area contributed by atoms with Crippen LogP contribution in [0.1, 0.15) is 11.3 Å². The van der Waals surface area contributed by atoms with Gasteiger partial charge in [0.05, 0.1) is 11.3 Å². The lowest BCUT2D eigenvalue weighted by molar-refractivity contribution is -0.137. The Morgan fingerprint density at radius 1 is 0.938 bits per heavy atom. The van der Waals surface area contributed by atoms with Gasteiger partial charge in [-0.1, -0.05) is 11.6 Å². The first-order chi connectivity index (χ1) is 15.1. The quantitative estimate of drug-likeness (QED) is 0.330. The number of halogens is 4. The number of amides is 2. The van der Waals surface area contributed by atoms with Crippen LogP contribution in [-0.4, -0.2) is 21.5 Å². The zero-order chi connectivity index (χ0) is 23.0. The predicted molar refractivity (Wildman–Crippen MR) is 118 cm³/mol. The van der Waals surface area contributed by atoms with E-state index in [4.69, 9.17) is 23.8 Å². The third-order valence-corrected chi connectivity index (χ3v) is 5.27. The van der Waals surface area contributed by atoms with E-state index in [2.05, 4.69) is 5.32 Å². The monoisotopic (exact) mass is 475 g/mol. The molecular weight excluding hydrogens is 463 g/mol. The van der Waals surface area contributed by atoms with Crippen molar-refractivity contribution in [1.29, 1.82) is 0 Å². The molecule has 0 radical (unpaired) electrons. The highest BCUT2D eigenvalue weighted by molar-refractivity contribution is 7.80. The maximum Gasteiger partial charge on any atom is 0.416 e. The summed E-state index contributed by atoms with van der Waals surface area (Å²) in [5.74, 6) is -1.31. The fourth-order valence-corrected chi connectivity index (χ4v) is 3.59. The third-order valence-electron chi connectivity index (χ3n) is 4.73. The molecule has 2 heterocycles. The number of carbonyl (C=O) groups is 2. The largest absolute Gasteiger partial charge is 0.416 e. The van der Waals surface area contributed by atoms with Gasteiger partial charge in [-0.3, -0.25) is 19.8 Å². The lowest BCUT2D eigenvalue weighted by atomic mass is 10.1. The SMILES string of the molecule is O=C1NC(=S)N(c2ccc(Cl)cc2)C(=O)/C1=C/c1cccn1-c1ccc(C(F)(F)F)cc1. The van der Waals surface area contributed by atoms with Gasteiger partial charge in [-0.2, -0.15) is 13.2 Å². The Hall–Kier alpha value is -3.43. The number of carbonyl (C=O) groups excluding carboxylic acids is 2. The first-order valence-electron chi connectivity index (χ1n) is 9.17. The summed E-state index contributed by atoms with van der Waals surface area (Å²) in [6.45, 7) is 0. The van der Waals surface area contributed by atoms with Gasteiger partial charge in [0.1, 0.15) is 5.57 Å². The molecule has 1 aromatic heterocycles. The molecule has 1 aliphatic heterocycles. The Labute approximate surface area is 190 Å². The van der Waals surface area contributed by atoms with E-state index in [1.165, 1.54) is 23.1 Å². The number of nitrogens with zero attached hydrogens (tertiary/aromatic N) is 2. The van der Waals surface area contributed by atoms with Crippen molar-refractivity contribution in [1.82, 2.24) is 9.88 Å². The number of nitrogens with one attached hydrogen (secondary N) is 1. The Bertz CT molecular complexity index is 1250. The van der Waals surface area contributed by atoms with E-state index in [9.17, 15) is 22.8 Å². The molecule has 0 saturated carbocycles. The van der Waals surface area contributed by atoms with E-state index < -0.39 is 23.6 Å². The van der Waals surface area contributed by atoms with Gasteiger partial charge < -0.3 is 4.57 Å².